The molecule has 1 aromatic carbocycles. The van der Waals surface area contributed by atoms with E-state index in [2.05, 4.69) is 31.4 Å². The van der Waals surface area contributed by atoms with Crippen molar-refractivity contribution in [3.8, 4) is 0 Å². The summed E-state index contributed by atoms with van der Waals surface area (Å²) in [6.07, 6.45) is 5.08. The van der Waals surface area contributed by atoms with Gasteiger partial charge in [0, 0.05) is 10.3 Å². The highest BCUT2D eigenvalue weighted by Gasteiger charge is 2.33. The molecule has 0 aliphatic heterocycles. The number of carbonyl (C=O) groups is 1. The fraction of sp³-hybridized carbons (Fsp3) is 0.619. The summed E-state index contributed by atoms with van der Waals surface area (Å²) in [7, 11) is 1.40. The van der Waals surface area contributed by atoms with Crippen LogP contribution in [0.4, 0.5) is 0 Å². The highest BCUT2D eigenvalue weighted by Crippen LogP contribution is 2.34. The van der Waals surface area contributed by atoms with Gasteiger partial charge < -0.3 is 14.4 Å². The molecule has 1 aromatic heterocycles. The molecular weight excluding hydrogens is 360 g/mol. The Bertz CT molecular complexity index is 817. The van der Waals surface area contributed by atoms with Gasteiger partial charge in [-0.05, 0) is 31.0 Å². The average Bonchev–Trinajstić information content (AvgIpc) is 2.97. The third kappa shape index (κ3) is 4.66. The van der Waals surface area contributed by atoms with Gasteiger partial charge in [-0.1, -0.05) is 40.0 Å². The molecule has 3 rings (SSSR count). The molecular formula is C21H30N2O3S. The van der Waals surface area contributed by atoms with E-state index in [1.807, 2.05) is 12.1 Å². The molecule has 148 valence electrons. The number of thioether (sulfide) groups is 1. The number of rotatable bonds is 5. The minimum absolute atomic E-state index is 0.122. The van der Waals surface area contributed by atoms with E-state index in [0.29, 0.717) is 6.54 Å². The molecule has 0 unspecified atom stereocenters. The normalized spacial score (nSPS) is 17.2. The Labute approximate surface area is 165 Å². The molecule has 1 heterocycles. The maximum Gasteiger partial charge on any atom is 0.315 e. The monoisotopic (exact) mass is 390 g/mol. The molecule has 1 N–H and O–H groups in total. The van der Waals surface area contributed by atoms with Crippen LogP contribution in [-0.4, -0.2) is 39.1 Å². The lowest BCUT2D eigenvalue weighted by Crippen LogP contribution is -2.37. The number of methoxy groups -OCH3 is 1. The first kappa shape index (κ1) is 20.2. The second-order valence-electron chi connectivity index (χ2n) is 8.57. The van der Waals surface area contributed by atoms with E-state index >= 15 is 0 Å². The second kappa shape index (κ2) is 7.84. The standard InChI is InChI=1S/C21H30N2O3S/c1-20(2,3)19-22-16-12-15(27-13-18(24)26-4)8-9-17(16)23(19)14-21(25)10-6-5-7-11-21/h8-9,12,25H,5-7,10-11,13-14H2,1-4H3. The van der Waals surface area contributed by atoms with Crippen molar-refractivity contribution in [2.45, 2.75) is 75.3 Å². The Hall–Kier alpha value is -1.53. The molecule has 0 atom stereocenters. The average molecular weight is 391 g/mol. The maximum atomic E-state index is 11.4. The zero-order valence-corrected chi connectivity index (χ0v) is 17.6. The molecule has 1 saturated carbocycles. The summed E-state index contributed by atoms with van der Waals surface area (Å²) in [4.78, 5) is 17.3. The van der Waals surface area contributed by atoms with Gasteiger partial charge in [0.05, 0.1) is 36.0 Å². The number of aliphatic hydroxyl groups is 1. The first-order valence-corrected chi connectivity index (χ1v) is 10.6. The Morgan fingerprint density at radius 2 is 2.00 bits per heavy atom. The summed E-state index contributed by atoms with van der Waals surface area (Å²) in [5.74, 6) is 1.04. The third-order valence-electron chi connectivity index (χ3n) is 5.21. The van der Waals surface area contributed by atoms with Gasteiger partial charge in [-0.15, -0.1) is 11.8 Å². The number of carbonyl (C=O) groups excluding carboxylic acids is 1. The van der Waals surface area contributed by atoms with Gasteiger partial charge in [0.25, 0.3) is 0 Å². The van der Waals surface area contributed by atoms with Gasteiger partial charge in [0.1, 0.15) is 5.82 Å². The number of imidazole rings is 1. The summed E-state index contributed by atoms with van der Waals surface area (Å²) in [5, 5.41) is 11.1. The van der Waals surface area contributed by atoms with Crippen molar-refractivity contribution in [2.75, 3.05) is 12.9 Å². The van der Waals surface area contributed by atoms with E-state index in [0.717, 1.165) is 47.4 Å². The number of hydrogen-bond acceptors (Lipinski definition) is 5. The van der Waals surface area contributed by atoms with Gasteiger partial charge in [0.2, 0.25) is 0 Å². The van der Waals surface area contributed by atoms with Crippen LogP contribution in [0.25, 0.3) is 11.0 Å². The van der Waals surface area contributed by atoms with Crippen LogP contribution in [0.1, 0.15) is 58.7 Å². The third-order valence-corrected chi connectivity index (χ3v) is 6.18. The van der Waals surface area contributed by atoms with E-state index in [4.69, 9.17) is 9.72 Å². The number of fused-ring (bicyclic) bond motifs is 1. The largest absolute Gasteiger partial charge is 0.468 e. The highest BCUT2D eigenvalue weighted by molar-refractivity contribution is 8.00. The molecule has 27 heavy (non-hydrogen) atoms. The predicted molar refractivity (Wildman–Crippen MR) is 109 cm³/mol. The fourth-order valence-corrected chi connectivity index (χ4v) is 4.56. The number of aromatic nitrogens is 2. The summed E-state index contributed by atoms with van der Waals surface area (Å²) in [6, 6.07) is 6.11. The van der Waals surface area contributed by atoms with Crippen LogP contribution in [0.2, 0.25) is 0 Å². The summed E-state index contributed by atoms with van der Waals surface area (Å²) >= 11 is 1.45. The van der Waals surface area contributed by atoms with Crippen LogP contribution in [0.5, 0.6) is 0 Å². The van der Waals surface area contributed by atoms with E-state index in [-0.39, 0.29) is 17.1 Å². The van der Waals surface area contributed by atoms with Gasteiger partial charge in [-0.2, -0.15) is 0 Å². The highest BCUT2D eigenvalue weighted by atomic mass is 32.2. The molecule has 0 spiro atoms. The molecule has 2 aromatic rings. The first-order valence-electron chi connectivity index (χ1n) is 9.65. The van der Waals surface area contributed by atoms with E-state index < -0.39 is 5.60 Å². The van der Waals surface area contributed by atoms with Gasteiger partial charge in [-0.3, -0.25) is 4.79 Å². The minimum Gasteiger partial charge on any atom is -0.468 e. The molecule has 0 radical (unpaired) electrons. The molecule has 1 aliphatic carbocycles. The van der Waals surface area contributed by atoms with Gasteiger partial charge in [-0.25, -0.2) is 4.98 Å². The predicted octanol–water partition coefficient (Wildman–Crippen LogP) is 4.29. The van der Waals surface area contributed by atoms with Crippen molar-refractivity contribution in [3.63, 3.8) is 0 Å². The van der Waals surface area contributed by atoms with Crippen LogP contribution in [-0.2, 0) is 21.5 Å². The van der Waals surface area contributed by atoms with Crippen LogP contribution in [0.3, 0.4) is 0 Å². The van der Waals surface area contributed by atoms with Crippen LogP contribution >= 0.6 is 11.8 Å². The smallest absolute Gasteiger partial charge is 0.315 e. The zero-order valence-electron chi connectivity index (χ0n) is 16.7. The molecule has 6 heteroatoms. The van der Waals surface area contributed by atoms with Crippen molar-refractivity contribution < 1.29 is 14.6 Å². The van der Waals surface area contributed by atoms with Crippen molar-refractivity contribution in [2.24, 2.45) is 0 Å². The SMILES string of the molecule is COC(=O)CSc1ccc2c(c1)nc(C(C)(C)C)n2CC1(O)CCCCC1. The van der Waals surface area contributed by atoms with Crippen LogP contribution < -0.4 is 0 Å². The molecule has 1 aliphatic rings. The van der Waals surface area contributed by atoms with E-state index in [1.54, 1.807) is 0 Å². The minimum atomic E-state index is -0.649. The molecule has 0 saturated heterocycles. The number of esters is 1. The Morgan fingerprint density at radius 3 is 2.63 bits per heavy atom. The summed E-state index contributed by atoms with van der Waals surface area (Å²) in [5.41, 5.74) is 1.18. The topological polar surface area (TPSA) is 64.3 Å². The van der Waals surface area contributed by atoms with Crippen LogP contribution in [0.15, 0.2) is 23.1 Å². The number of hydrogen-bond donors (Lipinski definition) is 1. The van der Waals surface area contributed by atoms with Crippen molar-refractivity contribution in [1.29, 1.82) is 0 Å². The number of benzene rings is 1. The van der Waals surface area contributed by atoms with E-state index in [1.165, 1.54) is 25.3 Å². The van der Waals surface area contributed by atoms with Gasteiger partial charge in [0.15, 0.2) is 0 Å². The lowest BCUT2D eigenvalue weighted by molar-refractivity contribution is -0.137. The molecule has 0 bridgehead atoms. The first-order chi connectivity index (χ1) is 12.7. The summed E-state index contributed by atoms with van der Waals surface area (Å²) < 4.78 is 6.92. The lowest BCUT2D eigenvalue weighted by Gasteiger charge is -2.34. The zero-order chi connectivity index (χ0) is 19.7. The Morgan fingerprint density at radius 1 is 1.30 bits per heavy atom. The second-order valence-corrected chi connectivity index (χ2v) is 9.62. The number of ether oxygens (including phenoxy) is 1. The van der Waals surface area contributed by atoms with Crippen LogP contribution in [0, 0.1) is 0 Å². The molecule has 0 amide bonds. The molecule has 1 fully saturated rings. The Balaban J connectivity index is 1.96. The maximum absolute atomic E-state index is 11.4. The van der Waals surface area contributed by atoms with Crippen molar-refractivity contribution in [3.05, 3.63) is 24.0 Å². The van der Waals surface area contributed by atoms with Crippen molar-refractivity contribution >= 4 is 28.8 Å². The fourth-order valence-electron chi connectivity index (χ4n) is 3.80. The number of nitrogens with zero attached hydrogens (tertiary/aromatic N) is 2. The quantitative estimate of drug-likeness (QED) is 0.609. The van der Waals surface area contributed by atoms with Crippen molar-refractivity contribution in [1.82, 2.24) is 9.55 Å². The lowest BCUT2D eigenvalue weighted by atomic mass is 9.84. The summed E-state index contributed by atoms with van der Waals surface area (Å²) in [6.45, 7) is 7.05. The van der Waals surface area contributed by atoms with E-state index in [9.17, 15) is 9.90 Å². The van der Waals surface area contributed by atoms with Gasteiger partial charge >= 0.3 is 5.97 Å². The Kier molecular flexibility index (Phi) is 5.87. The molecule has 5 nitrogen and oxygen atoms in total.